The lowest BCUT2D eigenvalue weighted by atomic mass is 9.81. The van der Waals surface area contributed by atoms with E-state index in [-0.39, 0.29) is 5.41 Å². The Balaban J connectivity index is 2.19. The Hall–Kier alpha value is -1.58. The van der Waals surface area contributed by atoms with E-state index in [4.69, 9.17) is 0 Å². The summed E-state index contributed by atoms with van der Waals surface area (Å²) >= 11 is 0. The highest BCUT2D eigenvalue weighted by Crippen LogP contribution is 2.28. The largest absolute Gasteiger partial charge is 0.346 e. The Morgan fingerprint density at radius 2 is 2.00 bits per heavy atom. The van der Waals surface area contributed by atoms with E-state index in [2.05, 4.69) is 54.8 Å². The van der Waals surface area contributed by atoms with Gasteiger partial charge in [-0.3, -0.25) is 5.10 Å². The summed E-state index contributed by atoms with van der Waals surface area (Å²) in [6, 6.07) is 0. The minimum atomic E-state index is 0.0534. The van der Waals surface area contributed by atoms with Crippen molar-refractivity contribution >= 4 is 0 Å². The second-order valence-corrected chi connectivity index (χ2v) is 5.92. The molecule has 4 nitrogen and oxygen atoms in total. The quantitative estimate of drug-likeness (QED) is 0.871. The van der Waals surface area contributed by atoms with E-state index in [0.29, 0.717) is 5.92 Å². The molecule has 2 rings (SSSR count). The maximum atomic E-state index is 4.42. The molecule has 0 saturated heterocycles. The maximum Gasteiger partial charge on any atom is 0.108 e. The summed E-state index contributed by atoms with van der Waals surface area (Å²) in [5.74, 6) is 1.50. The van der Waals surface area contributed by atoms with Gasteiger partial charge >= 0.3 is 0 Å². The van der Waals surface area contributed by atoms with Crippen LogP contribution in [0.4, 0.5) is 0 Å². The highest BCUT2D eigenvalue weighted by atomic mass is 15.1. The van der Waals surface area contributed by atoms with E-state index in [1.54, 1.807) is 0 Å². The van der Waals surface area contributed by atoms with Crippen LogP contribution >= 0.6 is 0 Å². The fourth-order valence-corrected chi connectivity index (χ4v) is 2.36. The van der Waals surface area contributed by atoms with Crippen molar-refractivity contribution in [1.29, 1.82) is 0 Å². The van der Waals surface area contributed by atoms with E-state index >= 15 is 0 Å². The number of rotatable bonds is 4. The standard InChI is InChI=1S/C14H22N4/c1-9(2)13-15-7-11(17-13)6-14(4,5)12-8-16-18-10(12)3/h7-9H,6H2,1-5H3,(H,15,17)(H,16,18). The summed E-state index contributed by atoms with van der Waals surface area (Å²) in [7, 11) is 0. The lowest BCUT2D eigenvalue weighted by Gasteiger charge is -2.23. The van der Waals surface area contributed by atoms with Gasteiger partial charge in [0.15, 0.2) is 0 Å². The van der Waals surface area contributed by atoms with Crippen molar-refractivity contribution in [3.05, 3.63) is 35.2 Å². The van der Waals surface area contributed by atoms with Gasteiger partial charge in [-0.1, -0.05) is 27.7 Å². The predicted octanol–water partition coefficient (Wildman–Crippen LogP) is 3.08. The van der Waals surface area contributed by atoms with Crippen LogP contribution in [0.1, 0.15) is 56.4 Å². The van der Waals surface area contributed by atoms with Crippen LogP contribution in [0.2, 0.25) is 0 Å². The Morgan fingerprint density at radius 1 is 1.28 bits per heavy atom. The molecule has 0 unspecified atom stereocenters. The van der Waals surface area contributed by atoms with Gasteiger partial charge in [-0.25, -0.2) is 4.98 Å². The highest BCUT2D eigenvalue weighted by molar-refractivity contribution is 5.26. The molecule has 0 aliphatic heterocycles. The SMILES string of the molecule is Cc1[nH]ncc1C(C)(C)Cc1cnc(C(C)C)[nH]1. The zero-order chi connectivity index (χ0) is 13.3. The van der Waals surface area contributed by atoms with E-state index in [1.807, 2.05) is 12.4 Å². The van der Waals surface area contributed by atoms with Crippen molar-refractivity contribution in [2.45, 2.75) is 52.4 Å². The predicted molar refractivity (Wildman–Crippen MR) is 72.7 cm³/mol. The second kappa shape index (κ2) is 4.59. The number of nitrogens with zero attached hydrogens (tertiary/aromatic N) is 2. The first-order chi connectivity index (χ1) is 8.40. The van der Waals surface area contributed by atoms with Gasteiger partial charge < -0.3 is 4.98 Å². The fraction of sp³-hybridized carbons (Fsp3) is 0.571. The summed E-state index contributed by atoms with van der Waals surface area (Å²) in [5.41, 5.74) is 3.65. The number of H-pyrrole nitrogens is 2. The van der Waals surface area contributed by atoms with Crippen molar-refractivity contribution in [1.82, 2.24) is 20.2 Å². The molecule has 0 atom stereocenters. The molecule has 98 valence electrons. The molecule has 0 saturated carbocycles. The van der Waals surface area contributed by atoms with E-state index in [0.717, 1.165) is 17.9 Å². The molecule has 0 spiro atoms. The molecule has 2 aromatic heterocycles. The molecule has 0 aliphatic rings. The molecular weight excluding hydrogens is 224 g/mol. The van der Waals surface area contributed by atoms with Crippen LogP contribution in [0.25, 0.3) is 0 Å². The van der Waals surface area contributed by atoms with Gasteiger partial charge in [-0.2, -0.15) is 5.10 Å². The third kappa shape index (κ3) is 2.47. The van der Waals surface area contributed by atoms with Crippen LogP contribution < -0.4 is 0 Å². The fourth-order valence-electron chi connectivity index (χ4n) is 2.36. The first-order valence-corrected chi connectivity index (χ1v) is 6.44. The average molecular weight is 246 g/mol. The monoisotopic (exact) mass is 246 g/mol. The molecule has 0 radical (unpaired) electrons. The van der Waals surface area contributed by atoms with Gasteiger partial charge in [0.05, 0.1) is 6.20 Å². The first-order valence-electron chi connectivity index (χ1n) is 6.44. The third-order valence-electron chi connectivity index (χ3n) is 3.39. The molecular formula is C14H22N4. The number of hydrogen-bond donors (Lipinski definition) is 2. The highest BCUT2D eigenvalue weighted by Gasteiger charge is 2.25. The summed E-state index contributed by atoms with van der Waals surface area (Å²) in [4.78, 5) is 7.83. The first kappa shape index (κ1) is 12.9. The molecule has 0 fully saturated rings. The van der Waals surface area contributed by atoms with Crippen LogP contribution in [0.3, 0.4) is 0 Å². The molecule has 0 aromatic carbocycles. The Morgan fingerprint density at radius 3 is 2.50 bits per heavy atom. The number of hydrogen-bond acceptors (Lipinski definition) is 2. The van der Waals surface area contributed by atoms with E-state index in [9.17, 15) is 0 Å². The molecule has 0 bridgehead atoms. The lowest BCUT2D eigenvalue weighted by Crippen LogP contribution is -2.21. The zero-order valence-corrected chi connectivity index (χ0v) is 11.8. The number of nitrogens with one attached hydrogen (secondary N) is 2. The Kier molecular flexibility index (Phi) is 3.28. The van der Waals surface area contributed by atoms with E-state index < -0.39 is 0 Å². The van der Waals surface area contributed by atoms with E-state index in [1.165, 1.54) is 11.3 Å². The number of aryl methyl sites for hydroxylation is 1. The van der Waals surface area contributed by atoms with Gasteiger partial charge in [0, 0.05) is 23.5 Å². The maximum absolute atomic E-state index is 4.42. The molecule has 18 heavy (non-hydrogen) atoms. The minimum Gasteiger partial charge on any atom is -0.346 e. The molecule has 2 N–H and O–H groups in total. The van der Waals surface area contributed by atoms with Gasteiger partial charge in [0.25, 0.3) is 0 Å². The van der Waals surface area contributed by atoms with Gasteiger partial charge in [0.2, 0.25) is 0 Å². The summed E-state index contributed by atoms with van der Waals surface area (Å²) in [5, 5.41) is 7.12. The molecule has 0 amide bonds. The topological polar surface area (TPSA) is 57.4 Å². The van der Waals surface area contributed by atoms with Crippen molar-refractivity contribution in [2.75, 3.05) is 0 Å². The summed E-state index contributed by atoms with van der Waals surface area (Å²) in [6.45, 7) is 10.8. The molecule has 2 heterocycles. The van der Waals surface area contributed by atoms with Crippen molar-refractivity contribution in [2.24, 2.45) is 0 Å². The van der Waals surface area contributed by atoms with Crippen molar-refractivity contribution in [3.63, 3.8) is 0 Å². The van der Waals surface area contributed by atoms with Crippen LogP contribution in [-0.2, 0) is 11.8 Å². The van der Waals surface area contributed by atoms with Crippen LogP contribution in [0, 0.1) is 6.92 Å². The third-order valence-corrected chi connectivity index (χ3v) is 3.39. The van der Waals surface area contributed by atoms with Crippen molar-refractivity contribution < 1.29 is 0 Å². The Bertz CT molecular complexity index is 519. The summed E-state index contributed by atoms with van der Waals surface area (Å²) in [6.07, 6.45) is 4.81. The van der Waals surface area contributed by atoms with Crippen molar-refractivity contribution in [3.8, 4) is 0 Å². The minimum absolute atomic E-state index is 0.0534. The number of imidazole rings is 1. The second-order valence-electron chi connectivity index (χ2n) is 5.92. The zero-order valence-electron chi connectivity index (χ0n) is 11.8. The smallest absolute Gasteiger partial charge is 0.108 e. The normalized spacial score (nSPS) is 12.3. The van der Waals surface area contributed by atoms with Crippen LogP contribution in [-0.4, -0.2) is 20.2 Å². The van der Waals surface area contributed by atoms with Gasteiger partial charge in [-0.05, 0) is 24.3 Å². The van der Waals surface area contributed by atoms with Crippen LogP contribution in [0.5, 0.6) is 0 Å². The molecule has 0 aliphatic carbocycles. The number of aromatic nitrogens is 4. The average Bonchev–Trinajstić information content (AvgIpc) is 2.86. The Labute approximate surface area is 108 Å². The van der Waals surface area contributed by atoms with Gasteiger partial charge in [-0.15, -0.1) is 0 Å². The number of aromatic amines is 2. The van der Waals surface area contributed by atoms with Gasteiger partial charge in [0.1, 0.15) is 5.82 Å². The lowest BCUT2D eigenvalue weighted by molar-refractivity contribution is 0.513. The van der Waals surface area contributed by atoms with Crippen LogP contribution in [0.15, 0.2) is 12.4 Å². The summed E-state index contributed by atoms with van der Waals surface area (Å²) < 4.78 is 0. The molecule has 4 heteroatoms. The molecule has 2 aromatic rings.